The minimum Gasteiger partial charge on any atom is -0.366 e. The molecule has 4 rings (SSSR count). The van der Waals surface area contributed by atoms with Crippen molar-refractivity contribution >= 4 is 33.9 Å². The maximum absolute atomic E-state index is 12.7. The number of primary amides is 1. The number of hydrogen-bond acceptors (Lipinski definition) is 4. The number of ketones is 1. The number of carbonyl (C=O) groups excluding carboxylic acids is 3. The summed E-state index contributed by atoms with van der Waals surface area (Å²) in [4.78, 5) is 38.0. The summed E-state index contributed by atoms with van der Waals surface area (Å²) in [6.45, 7) is 0. The van der Waals surface area contributed by atoms with E-state index in [0.717, 1.165) is 10.4 Å². The number of amides is 2. The van der Waals surface area contributed by atoms with E-state index in [-0.39, 0.29) is 17.3 Å². The molecule has 6 heteroatoms. The van der Waals surface area contributed by atoms with Crippen molar-refractivity contribution in [1.29, 1.82) is 0 Å². The van der Waals surface area contributed by atoms with Crippen LogP contribution in [0.2, 0.25) is 0 Å². The van der Waals surface area contributed by atoms with Crippen molar-refractivity contribution in [2.45, 2.75) is 0 Å². The third-order valence-corrected chi connectivity index (χ3v) is 5.83. The van der Waals surface area contributed by atoms with Gasteiger partial charge in [0.05, 0.1) is 5.56 Å². The zero-order valence-electron chi connectivity index (χ0n) is 16.4. The van der Waals surface area contributed by atoms with Crippen molar-refractivity contribution in [2.75, 3.05) is 5.32 Å². The lowest BCUT2D eigenvalue weighted by Gasteiger charge is -2.06. The van der Waals surface area contributed by atoms with Gasteiger partial charge in [0.2, 0.25) is 0 Å². The summed E-state index contributed by atoms with van der Waals surface area (Å²) in [7, 11) is 0. The first-order chi connectivity index (χ1) is 15.0. The molecule has 1 aromatic heterocycles. The highest BCUT2D eigenvalue weighted by Gasteiger charge is 2.18. The van der Waals surface area contributed by atoms with Gasteiger partial charge in [0.25, 0.3) is 11.8 Å². The van der Waals surface area contributed by atoms with E-state index in [2.05, 4.69) is 5.32 Å². The molecule has 0 spiro atoms. The van der Waals surface area contributed by atoms with Crippen molar-refractivity contribution in [1.82, 2.24) is 0 Å². The number of benzene rings is 3. The van der Waals surface area contributed by atoms with Gasteiger partial charge in [-0.2, -0.15) is 0 Å². The molecule has 0 saturated carbocycles. The van der Waals surface area contributed by atoms with Gasteiger partial charge in [0, 0.05) is 21.6 Å². The molecule has 2 amide bonds. The number of anilines is 1. The zero-order chi connectivity index (χ0) is 21.8. The highest BCUT2D eigenvalue weighted by atomic mass is 32.1. The van der Waals surface area contributed by atoms with Crippen LogP contribution in [0.25, 0.3) is 10.4 Å². The van der Waals surface area contributed by atoms with E-state index in [9.17, 15) is 14.4 Å². The lowest BCUT2D eigenvalue weighted by Crippen LogP contribution is -2.16. The summed E-state index contributed by atoms with van der Waals surface area (Å²) < 4.78 is 0. The molecule has 0 radical (unpaired) electrons. The maximum atomic E-state index is 12.7. The van der Waals surface area contributed by atoms with Crippen molar-refractivity contribution < 1.29 is 14.4 Å². The highest BCUT2D eigenvalue weighted by molar-refractivity contribution is 7.20. The van der Waals surface area contributed by atoms with E-state index in [4.69, 9.17) is 5.73 Å². The van der Waals surface area contributed by atoms with Crippen LogP contribution in [0.15, 0.2) is 91.0 Å². The van der Waals surface area contributed by atoms with Crippen molar-refractivity contribution in [2.24, 2.45) is 5.73 Å². The number of nitrogens with two attached hydrogens (primary N) is 1. The van der Waals surface area contributed by atoms with Crippen LogP contribution in [0.3, 0.4) is 0 Å². The Labute approximate surface area is 183 Å². The third-order valence-electron chi connectivity index (χ3n) is 4.73. The Bertz CT molecular complexity index is 1250. The van der Waals surface area contributed by atoms with E-state index in [1.807, 2.05) is 36.4 Å². The van der Waals surface area contributed by atoms with Gasteiger partial charge < -0.3 is 11.1 Å². The number of thiophene rings is 1. The van der Waals surface area contributed by atoms with Gasteiger partial charge in [-0.05, 0) is 23.8 Å². The fraction of sp³-hybridized carbons (Fsp3) is 0. The Morgan fingerprint density at radius 3 is 1.87 bits per heavy atom. The molecule has 0 fully saturated rings. The molecule has 0 saturated heterocycles. The van der Waals surface area contributed by atoms with Gasteiger partial charge >= 0.3 is 0 Å². The minimum atomic E-state index is -0.613. The molecule has 0 bridgehead atoms. The maximum Gasteiger partial charge on any atom is 0.256 e. The Morgan fingerprint density at radius 2 is 1.26 bits per heavy atom. The summed E-state index contributed by atoms with van der Waals surface area (Å²) in [5.41, 5.74) is 8.14. The van der Waals surface area contributed by atoms with E-state index >= 15 is 0 Å². The van der Waals surface area contributed by atoms with Crippen LogP contribution in [0, 0.1) is 0 Å². The molecular weight excluding hydrogens is 408 g/mol. The van der Waals surface area contributed by atoms with Crippen molar-refractivity contribution in [3.8, 4) is 10.4 Å². The van der Waals surface area contributed by atoms with Crippen LogP contribution in [0.4, 0.5) is 5.00 Å². The first-order valence-electron chi connectivity index (χ1n) is 9.53. The molecule has 3 aromatic carbocycles. The molecule has 0 aliphatic carbocycles. The topological polar surface area (TPSA) is 89.3 Å². The predicted molar refractivity (Wildman–Crippen MR) is 123 cm³/mol. The lowest BCUT2D eigenvalue weighted by molar-refractivity contribution is 0.0999. The summed E-state index contributed by atoms with van der Waals surface area (Å²) in [6, 6.07) is 26.6. The van der Waals surface area contributed by atoms with Crippen LogP contribution in [-0.4, -0.2) is 17.6 Å². The molecule has 5 nitrogen and oxygen atoms in total. The standard InChI is InChI=1S/C25H18N2O3S/c26-23(29)20-15-21(16-7-3-1-4-8-16)31-25(20)27-24(30)19-13-11-18(12-14-19)22(28)17-9-5-2-6-10-17/h1-15H,(H2,26,29)(H,27,30). The number of carbonyl (C=O) groups is 3. The smallest absolute Gasteiger partial charge is 0.256 e. The second-order valence-corrected chi connectivity index (χ2v) is 7.86. The first-order valence-corrected chi connectivity index (χ1v) is 10.3. The van der Waals surface area contributed by atoms with Crippen LogP contribution in [-0.2, 0) is 0 Å². The van der Waals surface area contributed by atoms with Gasteiger partial charge in [-0.15, -0.1) is 11.3 Å². The summed E-state index contributed by atoms with van der Waals surface area (Å²) in [5, 5.41) is 3.16. The summed E-state index contributed by atoms with van der Waals surface area (Å²) in [6.07, 6.45) is 0. The number of nitrogens with one attached hydrogen (secondary N) is 1. The van der Waals surface area contributed by atoms with E-state index in [0.29, 0.717) is 21.7 Å². The quantitative estimate of drug-likeness (QED) is 0.425. The fourth-order valence-electron chi connectivity index (χ4n) is 3.12. The minimum absolute atomic E-state index is 0.116. The Kier molecular flexibility index (Phi) is 5.73. The third kappa shape index (κ3) is 4.44. The molecule has 1 heterocycles. The van der Waals surface area contributed by atoms with E-state index < -0.39 is 5.91 Å². The normalized spacial score (nSPS) is 10.5. The van der Waals surface area contributed by atoms with E-state index in [1.54, 1.807) is 54.6 Å². The van der Waals surface area contributed by atoms with Gasteiger partial charge in [-0.3, -0.25) is 14.4 Å². The first kappa shape index (κ1) is 20.3. The molecule has 0 atom stereocenters. The molecule has 0 aliphatic rings. The lowest BCUT2D eigenvalue weighted by atomic mass is 10.0. The number of rotatable bonds is 6. The van der Waals surface area contributed by atoms with Crippen LogP contribution in [0.1, 0.15) is 36.6 Å². The molecule has 31 heavy (non-hydrogen) atoms. The van der Waals surface area contributed by atoms with E-state index in [1.165, 1.54) is 11.3 Å². The fourth-order valence-corrected chi connectivity index (χ4v) is 4.18. The Morgan fingerprint density at radius 1 is 0.710 bits per heavy atom. The average Bonchev–Trinajstić information content (AvgIpc) is 3.24. The van der Waals surface area contributed by atoms with Crippen LogP contribution < -0.4 is 11.1 Å². The highest BCUT2D eigenvalue weighted by Crippen LogP contribution is 2.35. The number of hydrogen-bond donors (Lipinski definition) is 2. The molecule has 3 N–H and O–H groups in total. The van der Waals surface area contributed by atoms with Crippen LogP contribution >= 0.6 is 11.3 Å². The van der Waals surface area contributed by atoms with Crippen molar-refractivity contribution in [3.05, 3.63) is 113 Å². The second-order valence-electron chi connectivity index (χ2n) is 6.81. The van der Waals surface area contributed by atoms with Crippen LogP contribution in [0.5, 0.6) is 0 Å². The monoisotopic (exact) mass is 426 g/mol. The van der Waals surface area contributed by atoms with Crippen molar-refractivity contribution in [3.63, 3.8) is 0 Å². The molecule has 4 aromatic rings. The van der Waals surface area contributed by atoms with Gasteiger partial charge in [0.15, 0.2) is 5.78 Å². The Hall–Kier alpha value is -4.03. The molecular formula is C25H18N2O3S. The summed E-state index contributed by atoms with van der Waals surface area (Å²) in [5.74, 6) is -1.12. The molecule has 152 valence electrons. The SMILES string of the molecule is NC(=O)c1cc(-c2ccccc2)sc1NC(=O)c1ccc(C(=O)c2ccccc2)cc1. The zero-order valence-corrected chi connectivity index (χ0v) is 17.2. The van der Waals surface area contributed by atoms with Gasteiger partial charge in [0.1, 0.15) is 5.00 Å². The second kappa shape index (κ2) is 8.77. The van der Waals surface area contributed by atoms with Gasteiger partial charge in [-0.25, -0.2) is 0 Å². The Balaban J connectivity index is 1.55. The average molecular weight is 426 g/mol. The van der Waals surface area contributed by atoms with Gasteiger partial charge in [-0.1, -0.05) is 72.8 Å². The summed E-state index contributed by atoms with van der Waals surface area (Å²) >= 11 is 1.28. The largest absolute Gasteiger partial charge is 0.366 e. The molecule has 0 aliphatic heterocycles. The predicted octanol–water partition coefficient (Wildman–Crippen LogP) is 5.00. The molecule has 0 unspecified atom stereocenters.